The Morgan fingerprint density at radius 1 is 1.11 bits per heavy atom. The first-order valence-electron chi connectivity index (χ1n) is 9.14. The molecule has 1 aliphatic heterocycles. The molecule has 0 spiro atoms. The molecule has 1 atom stereocenters. The Hall–Kier alpha value is -2.86. The third kappa shape index (κ3) is 4.46. The molecule has 1 saturated heterocycles. The van der Waals surface area contributed by atoms with Gasteiger partial charge in [-0.2, -0.15) is 0 Å². The Bertz CT molecular complexity index is 812. The highest BCUT2D eigenvalue weighted by atomic mass is 16.5. The average Bonchev–Trinajstić information content (AvgIpc) is 3.24. The van der Waals surface area contributed by atoms with Crippen molar-refractivity contribution in [1.29, 1.82) is 0 Å². The van der Waals surface area contributed by atoms with E-state index < -0.39 is 0 Å². The summed E-state index contributed by atoms with van der Waals surface area (Å²) < 4.78 is 5.42. The number of benzene rings is 2. The number of carbonyl (C=O) groups excluding carboxylic acids is 2. The lowest BCUT2D eigenvalue weighted by atomic mass is 10.00. The number of rotatable bonds is 6. The molecular weight excluding hydrogens is 342 g/mol. The molecular formula is C21H25N3O3. The van der Waals surface area contributed by atoms with Crippen LogP contribution in [0.15, 0.2) is 42.5 Å². The minimum atomic E-state index is -0.157. The van der Waals surface area contributed by atoms with E-state index in [0.717, 1.165) is 30.5 Å². The zero-order valence-corrected chi connectivity index (χ0v) is 15.7. The van der Waals surface area contributed by atoms with Gasteiger partial charge < -0.3 is 20.7 Å². The third-order valence-electron chi connectivity index (χ3n) is 4.82. The van der Waals surface area contributed by atoms with Crippen LogP contribution in [0.4, 0.5) is 0 Å². The van der Waals surface area contributed by atoms with Crippen LogP contribution in [0.25, 0.3) is 11.1 Å². The maximum absolute atomic E-state index is 12.3. The molecule has 2 aromatic carbocycles. The summed E-state index contributed by atoms with van der Waals surface area (Å²) in [5, 5.41) is 8.96. The van der Waals surface area contributed by atoms with Crippen molar-refractivity contribution >= 4 is 11.8 Å². The van der Waals surface area contributed by atoms with Crippen molar-refractivity contribution in [2.45, 2.75) is 18.9 Å². The summed E-state index contributed by atoms with van der Waals surface area (Å²) in [5.41, 5.74) is 2.85. The maximum atomic E-state index is 12.3. The molecule has 6 nitrogen and oxygen atoms in total. The minimum Gasteiger partial charge on any atom is -0.496 e. The fourth-order valence-corrected chi connectivity index (χ4v) is 3.27. The Kier molecular flexibility index (Phi) is 6.08. The molecule has 1 heterocycles. The van der Waals surface area contributed by atoms with Crippen LogP contribution < -0.4 is 20.7 Å². The second kappa shape index (κ2) is 8.68. The van der Waals surface area contributed by atoms with Crippen molar-refractivity contribution in [3.05, 3.63) is 53.6 Å². The summed E-state index contributed by atoms with van der Waals surface area (Å²) in [7, 11) is 3.19. The SMILES string of the molecule is CNC(=O)c1ccc(OC)c(-c2ccc(C(=O)NC[C@@H]3CCCN3)cc2)c1. The number of nitrogens with one attached hydrogen (secondary N) is 3. The Morgan fingerprint density at radius 2 is 1.85 bits per heavy atom. The predicted octanol–water partition coefficient (Wildman–Crippen LogP) is 2.20. The maximum Gasteiger partial charge on any atom is 0.251 e. The lowest BCUT2D eigenvalue weighted by Gasteiger charge is -2.13. The quantitative estimate of drug-likeness (QED) is 0.731. The highest BCUT2D eigenvalue weighted by Crippen LogP contribution is 2.31. The standard InChI is InChI=1S/C21H25N3O3/c1-22-20(25)16-9-10-19(27-2)18(12-16)14-5-7-15(8-6-14)21(26)24-13-17-4-3-11-23-17/h5-10,12,17,23H,3-4,11,13H2,1-2H3,(H,22,25)(H,24,26)/t17-/m0/s1. The molecule has 2 amide bonds. The number of ether oxygens (including phenoxy) is 1. The van der Waals surface area contributed by atoms with Crippen molar-refractivity contribution in [3.8, 4) is 16.9 Å². The molecule has 0 unspecified atom stereocenters. The summed E-state index contributed by atoms with van der Waals surface area (Å²) >= 11 is 0. The van der Waals surface area contributed by atoms with Gasteiger partial charge in [0.15, 0.2) is 0 Å². The molecule has 0 bridgehead atoms. The Morgan fingerprint density at radius 3 is 2.48 bits per heavy atom. The van der Waals surface area contributed by atoms with Gasteiger partial charge >= 0.3 is 0 Å². The third-order valence-corrected chi connectivity index (χ3v) is 4.82. The van der Waals surface area contributed by atoms with E-state index in [1.807, 2.05) is 12.1 Å². The summed E-state index contributed by atoms with van der Waals surface area (Å²) in [6, 6.07) is 13.0. The summed E-state index contributed by atoms with van der Waals surface area (Å²) in [5.74, 6) is 0.434. The molecule has 6 heteroatoms. The van der Waals surface area contributed by atoms with E-state index in [9.17, 15) is 9.59 Å². The largest absolute Gasteiger partial charge is 0.496 e. The van der Waals surface area contributed by atoms with Crippen LogP contribution in [0, 0.1) is 0 Å². The van der Waals surface area contributed by atoms with E-state index in [1.165, 1.54) is 0 Å². The molecule has 2 aromatic rings. The number of hydrogen-bond acceptors (Lipinski definition) is 4. The molecule has 0 aromatic heterocycles. The molecule has 142 valence electrons. The number of hydrogen-bond donors (Lipinski definition) is 3. The fraction of sp³-hybridized carbons (Fsp3) is 0.333. The predicted molar refractivity (Wildman–Crippen MR) is 105 cm³/mol. The van der Waals surface area contributed by atoms with Gasteiger partial charge in [-0.25, -0.2) is 0 Å². The first-order valence-corrected chi connectivity index (χ1v) is 9.14. The average molecular weight is 367 g/mol. The molecule has 0 saturated carbocycles. The summed E-state index contributed by atoms with van der Waals surface area (Å²) in [6.45, 7) is 1.66. The van der Waals surface area contributed by atoms with E-state index >= 15 is 0 Å². The smallest absolute Gasteiger partial charge is 0.251 e. The van der Waals surface area contributed by atoms with Crippen molar-refractivity contribution in [1.82, 2.24) is 16.0 Å². The van der Waals surface area contributed by atoms with Gasteiger partial charge in [-0.3, -0.25) is 9.59 Å². The van der Waals surface area contributed by atoms with E-state index in [4.69, 9.17) is 4.74 Å². The molecule has 1 aliphatic rings. The lowest BCUT2D eigenvalue weighted by molar-refractivity contribution is 0.0946. The summed E-state index contributed by atoms with van der Waals surface area (Å²) in [6.07, 6.45) is 2.26. The van der Waals surface area contributed by atoms with Gasteiger partial charge in [-0.15, -0.1) is 0 Å². The first-order chi connectivity index (χ1) is 13.1. The van der Waals surface area contributed by atoms with Gasteiger partial charge in [0.05, 0.1) is 7.11 Å². The Labute approximate surface area is 159 Å². The molecule has 0 radical (unpaired) electrons. The van der Waals surface area contributed by atoms with Crippen molar-refractivity contribution in [2.24, 2.45) is 0 Å². The number of amides is 2. The van der Waals surface area contributed by atoms with Crippen LogP contribution in [-0.4, -0.2) is 45.1 Å². The van der Waals surface area contributed by atoms with Gasteiger partial charge in [-0.05, 0) is 55.3 Å². The number of carbonyl (C=O) groups is 2. The van der Waals surface area contributed by atoms with Gasteiger partial charge in [0.1, 0.15) is 5.75 Å². The lowest BCUT2D eigenvalue weighted by Crippen LogP contribution is -2.37. The minimum absolute atomic E-state index is 0.0821. The molecule has 1 fully saturated rings. The van der Waals surface area contributed by atoms with Gasteiger partial charge in [0.25, 0.3) is 11.8 Å². The molecule has 27 heavy (non-hydrogen) atoms. The zero-order chi connectivity index (χ0) is 19.2. The second-order valence-electron chi connectivity index (χ2n) is 6.57. The molecule has 0 aliphatic carbocycles. The van der Waals surface area contributed by atoms with E-state index in [1.54, 1.807) is 44.5 Å². The topological polar surface area (TPSA) is 79.5 Å². The van der Waals surface area contributed by atoms with Crippen LogP contribution in [0.2, 0.25) is 0 Å². The van der Waals surface area contributed by atoms with E-state index in [0.29, 0.717) is 29.5 Å². The zero-order valence-electron chi connectivity index (χ0n) is 15.7. The molecule has 3 rings (SSSR count). The van der Waals surface area contributed by atoms with E-state index in [2.05, 4.69) is 16.0 Å². The summed E-state index contributed by atoms with van der Waals surface area (Å²) in [4.78, 5) is 24.2. The normalized spacial score (nSPS) is 16.0. The fourth-order valence-electron chi connectivity index (χ4n) is 3.27. The monoisotopic (exact) mass is 367 g/mol. The van der Waals surface area contributed by atoms with Crippen LogP contribution in [0.1, 0.15) is 33.6 Å². The van der Waals surface area contributed by atoms with Crippen LogP contribution in [0.5, 0.6) is 5.75 Å². The highest BCUT2D eigenvalue weighted by Gasteiger charge is 2.16. The number of methoxy groups -OCH3 is 1. The van der Waals surface area contributed by atoms with Crippen molar-refractivity contribution < 1.29 is 14.3 Å². The van der Waals surface area contributed by atoms with Gasteiger partial charge in [0, 0.05) is 36.3 Å². The van der Waals surface area contributed by atoms with Gasteiger partial charge in [-0.1, -0.05) is 12.1 Å². The first kappa shape index (κ1) is 18.9. The van der Waals surface area contributed by atoms with Crippen molar-refractivity contribution in [2.75, 3.05) is 27.2 Å². The van der Waals surface area contributed by atoms with Crippen LogP contribution in [-0.2, 0) is 0 Å². The highest BCUT2D eigenvalue weighted by molar-refractivity contribution is 5.97. The molecule has 3 N–H and O–H groups in total. The Balaban J connectivity index is 1.76. The van der Waals surface area contributed by atoms with E-state index in [-0.39, 0.29) is 11.8 Å². The van der Waals surface area contributed by atoms with Crippen LogP contribution >= 0.6 is 0 Å². The second-order valence-corrected chi connectivity index (χ2v) is 6.57. The van der Waals surface area contributed by atoms with Crippen molar-refractivity contribution in [3.63, 3.8) is 0 Å². The van der Waals surface area contributed by atoms with Crippen LogP contribution in [0.3, 0.4) is 0 Å². The van der Waals surface area contributed by atoms with Gasteiger partial charge in [0.2, 0.25) is 0 Å².